The average Bonchev–Trinajstić information content (AvgIpc) is 2.73. The van der Waals surface area contributed by atoms with Crippen molar-refractivity contribution in [2.24, 2.45) is 17.8 Å². The van der Waals surface area contributed by atoms with Crippen LogP contribution in [0.15, 0.2) is 24.3 Å². The number of hydrogen-bond donors (Lipinski definition) is 2. The lowest BCUT2D eigenvalue weighted by Gasteiger charge is -2.56. The molecule has 0 atom stereocenters. The van der Waals surface area contributed by atoms with Gasteiger partial charge in [-0.3, -0.25) is 4.79 Å². The van der Waals surface area contributed by atoms with Crippen LogP contribution < -0.4 is 15.5 Å². The van der Waals surface area contributed by atoms with Crippen LogP contribution in [0.2, 0.25) is 0 Å². The standard InChI is InChI=1S/C24H33FN4O2/c25-20-3-1-2-4-21(20)28-7-9-29(10-8-28)22(30)5-6-26-23(31)27-24-14-17-11-18(15-24)13-19(12-17)16-24/h1-4,17-19H,5-16H2,(H2,26,27,31). The van der Waals surface area contributed by atoms with Gasteiger partial charge in [-0.1, -0.05) is 12.1 Å². The first kappa shape index (κ1) is 20.6. The van der Waals surface area contributed by atoms with E-state index in [2.05, 4.69) is 10.6 Å². The second kappa shape index (κ2) is 8.32. The molecule has 31 heavy (non-hydrogen) atoms. The number of benzene rings is 1. The molecule has 0 aromatic heterocycles. The first-order valence-electron chi connectivity index (χ1n) is 11.8. The van der Waals surface area contributed by atoms with Crippen LogP contribution in [0.4, 0.5) is 14.9 Å². The molecule has 6 rings (SSSR count). The zero-order valence-corrected chi connectivity index (χ0v) is 18.1. The lowest BCUT2D eigenvalue weighted by molar-refractivity contribution is -0.131. The van der Waals surface area contributed by atoms with Gasteiger partial charge in [0.1, 0.15) is 5.82 Å². The lowest BCUT2D eigenvalue weighted by Crippen LogP contribution is -2.61. The minimum atomic E-state index is -0.225. The minimum absolute atomic E-state index is 0.00805. The number of para-hydroxylation sites is 1. The minimum Gasteiger partial charge on any atom is -0.366 e. The summed E-state index contributed by atoms with van der Waals surface area (Å²) in [5.74, 6) is 2.18. The van der Waals surface area contributed by atoms with E-state index in [0.29, 0.717) is 44.8 Å². The van der Waals surface area contributed by atoms with E-state index in [9.17, 15) is 14.0 Å². The maximum absolute atomic E-state index is 14.0. The second-order valence-electron chi connectivity index (χ2n) is 10.1. The van der Waals surface area contributed by atoms with Gasteiger partial charge in [-0.15, -0.1) is 0 Å². The van der Waals surface area contributed by atoms with Crippen molar-refractivity contribution in [3.05, 3.63) is 30.1 Å². The molecule has 3 amide bonds. The Morgan fingerprint density at radius 1 is 0.968 bits per heavy atom. The third kappa shape index (κ3) is 4.37. The number of hydrogen-bond acceptors (Lipinski definition) is 3. The van der Waals surface area contributed by atoms with Crippen LogP contribution >= 0.6 is 0 Å². The number of amides is 3. The van der Waals surface area contributed by atoms with Crippen molar-refractivity contribution in [2.45, 2.75) is 50.5 Å². The number of nitrogens with one attached hydrogen (secondary N) is 2. The van der Waals surface area contributed by atoms with Gasteiger partial charge in [0.05, 0.1) is 5.69 Å². The van der Waals surface area contributed by atoms with Crippen molar-refractivity contribution in [3.63, 3.8) is 0 Å². The van der Waals surface area contributed by atoms with Crippen LogP contribution in [0.3, 0.4) is 0 Å². The zero-order valence-electron chi connectivity index (χ0n) is 18.1. The molecule has 2 N–H and O–H groups in total. The smallest absolute Gasteiger partial charge is 0.315 e. The Labute approximate surface area is 183 Å². The zero-order chi connectivity index (χ0) is 21.4. The highest BCUT2D eigenvalue weighted by atomic mass is 19.1. The summed E-state index contributed by atoms with van der Waals surface area (Å²) in [7, 11) is 0. The number of carbonyl (C=O) groups excluding carboxylic acids is 2. The number of piperazine rings is 1. The quantitative estimate of drug-likeness (QED) is 0.757. The van der Waals surface area contributed by atoms with E-state index in [1.165, 1.54) is 25.3 Å². The summed E-state index contributed by atoms with van der Waals surface area (Å²) in [6.07, 6.45) is 7.71. The largest absolute Gasteiger partial charge is 0.366 e. The molecule has 5 aliphatic rings. The van der Waals surface area contributed by atoms with Crippen LogP contribution in [0.25, 0.3) is 0 Å². The predicted molar refractivity (Wildman–Crippen MR) is 117 cm³/mol. The van der Waals surface area contributed by atoms with Gasteiger partial charge in [0.15, 0.2) is 0 Å². The molecule has 6 nitrogen and oxygen atoms in total. The van der Waals surface area contributed by atoms with Gasteiger partial charge >= 0.3 is 6.03 Å². The molecule has 0 unspecified atom stereocenters. The van der Waals surface area contributed by atoms with E-state index in [-0.39, 0.29) is 23.3 Å². The number of urea groups is 1. The molecule has 4 saturated carbocycles. The number of carbonyl (C=O) groups is 2. The van der Waals surface area contributed by atoms with Gasteiger partial charge in [0.25, 0.3) is 0 Å². The van der Waals surface area contributed by atoms with Crippen molar-refractivity contribution >= 4 is 17.6 Å². The van der Waals surface area contributed by atoms with Gasteiger partial charge in [0.2, 0.25) is 5.91 Å². The molecule has 5 fully saturated rings. The monoisotopic (exact) mass is 428 g/mol. The summed E-state index contributed by atoms with van der Waals surface area (Å²) in [5, 5.41) is 6.20. The molecule has 7 heteroatoms. The summed E-state index contributed by atoms with van der Waals surface area (Å²) < 4.78 is 14.0. The van der Waals surface area contributed by atoms with Gasteiger partial charge < -0.3 is 20.4 Å². The second-order valence-corrected chi connectivity index (χ2v) is 10.1. The van der Waals surface area contributed by atoms with Crippen LogP contribution in [0, 0.1) is 23.6 Å². The van der Waals surface area contributed by atoms with Gasteiger partial charge in [-0.25, -0.2) is 9.18 Å². The molecule has 168 valence electrons. The van der Waals surface area contributed by atoms with Crippen LogP contribution in [-0.4, -0.2) is 55.1 Å². The van der Waals surface area contributed by atoms with Crippen molar-refractivity contribution in [1.82, 2.24) is 15.5 Å². The highest BCUT2D eigenvalue weighted by Gasteiger charge is 2.51. The van der Waals surface area contributed by atoms with E-state index >= 15 is 0 Å². The fraction of sp³-hybridized carbons (Fsp3) is 0.667. The van der Waals surface area contributed by atoms with Crippen LogP contribution in [0.5, 0.6) is 0 Å². The predicted octanol–water partition coefficient (Wildman–Crippen LogP) is 3.13. The van der Waals surface area contributed by atoms with Gasteiger partial charge in [-0.2, -0.15) is 0 Å². The molecular formula is C24H33FN4O2. The fourth-order valence-electron chi connectivity index (χ4n) is 6.89. The van der Waals surface area contributed by atoms with Gasteiger partial charge in [0, 0.05) is 44.7 Å². The van der Waals surface area contributed by atoms with E-state index in [1.807, 2.05) is 15.9 Å². The Hall–Kier alpha value is -2.31. The van der Waals surface area contributed by atoms with E-state index in [4.69, 9.17) is 0 Å². The van der Waals surface area contributed by atoms with Crippen molar-refractivity contribution in [2.75, 3.05) is 37.6 Å². The number of nitrogens with zero attached hydrogens (tertiary/aromatic N) is 2. The Bertz CT molecular complexity index is 801. The summed E-state index contributed by atoms with van der Waals surface area (Å²) in [4.78, 5) is 28.9. The van der Waals surface area contributed by atoms with Crippen molar-refractivity contribution < 1.29 is 14.0 Å². The first-order chi connectivity index (χ1) is 15.0. The molecule has 1 heterocycles. The number of halogens is 1. The molecule has 1 aromatic rings. The van der Waals surface area contributed by atoms with Crippen LogP contribution in [0.1, 0.15) is 44.9 Å². The average molecular weight is 429 g/mol. The Morgan fingerprint density at radius 2 is 1.58 bits per heavy atom. The van der Waals surface area contributed by atoms with E-state index in [0.717, 1.165) is 37.0 Å². The summed E-state index contributed by atoms with van der Waals surface area (Å²) in [6, 6.07) is 6.63. The number of rotatable bonds is 5. The molecule has 0 radical (unpaired) electrons. The molecule has 1 aromatic carbocycles. The topological polar surface area (TPSA) is 64.7 Å². The third-order valence-corrected chi connectivity index (χ3v) is 7.87. The normalized spacial score (nSPS) is 31.6. The molecule has 0 spiro atoms. The first-order valence-corrected chi connectivity index (χ1v) is 11.8. The van der Waals surface area contributed by atoms with Crippen molar-refractivity contribution in [1.29, 1.82) is 0 Å². The lowest BCUT2D eigenvalue weighted by atomic mass is 9.53. The molecular weight excluding hydrogens is 395 g/mol. The fourth-order valence-corrected chi connectivity index (χ4v) is 6.89. The van der Waals surface area contributed by atoms with E-state index in [1.54, 1.807) is 12.1 Å². The SMILES string of the molecule is O=C(NCCC(=O)N1CCN(c2ccccc2F)CC1)NC12CC3CC(CC(C3)C1)C2. The molecule has 1 saturated heterocycles. The highest BCUT2D eigenvalue weighted by Crippen LogP contribution is 2.55. The highest BCUT2D eigenvalue weighted by molar-refractivity contribution is 5.79. The molecule has 1 aliphatic heterocycles. The number of anilines is 1. The summed E-state index contributed by atoms with van der Waals surface area (Å²) in [6.45, 7) is 2.74. The summed E-state index contributed by atoms with van der Waals surface area (Å²) >= 11 is 0. The van der Waals surface area contributed by atoms with E-state index < -0.39 is 0 Å². The van der Waals surface area contributed by atoms with Crippen LogP contribution in [-0.2, 0) is 4.79 Å². The molecule has 4 aliphatic carbocycles. The Balaban J connectivity index is 1.04. The third-order valence-electron chi connectivity index (χ3n) is 7.87. The summed E-state index contributed by atoms with van der Waals surface area (Å²) in [5.41, 5.74) is 0.587. The Kier molecular flexibility index (Phi) is 5.52. The van der Waals surface area contributed by atoms with Crippen molar-refractivity contribution in [3.8, 4) is 0 Å². The maximum atomic E-state index is 14.0. The maximum Gasteiger partial charge on any atom is 0.315 e. The Morgan fingerprint density at radius 3 is 2.19 bits per heavy atom. The molecule has 4 bridgehead atoms. The van der Waals surface area contributed by atoms with Gasteiger partial charge in [-0.05, 0) is 68.4 Å².